The van der Waals surface area contributed by atoms with Crippen molar-refractivity contribution < 1.29 is 0 Å². The minimum absolute atomic E-state index is 1.10. The molecule has 1 heteroatoms. The van der Waals surface area contributed by atoms with Gasteiger partial charge in [0.25, 0.3) is 0 Å². The van der Waals surface area contributed by atoms with E-state index in [0.717, 1.165) is 5.57 Å². The average Bonchev–Trinajstić information content (AvgIpc) is 2.92. The van der Waals surface area contributed by atoms with Gasteiger partial charge < -0.3 is 4.98 Å². The third kappa shape index (κ3) is 2.03. The first kappa shape index (κ1) is 12.9. The summed E-state index contributed by atoms with van der Waals surface area (Å²) < 4.78 is 0. The van der Waals surface area contributed by atoms with Crippen LogP contribution in [0.1, 0.15) is 12.5 Å². The Labute approximate surface area is 129 Å². The maximum absolute atomic E-state index is 3.99. The highest BCUT2D eigenvalue weighted by molar-refractivity contribution is 6.08. The van der Waals surface area contributed by atoms with Gasteiger partial charge in [-0.05, 0) is 41.8 Å². The van der Waals surface area contributed by atoms with E-state index in [0.29, 0.717) is 0 Å². The van der Waals surface area contributed by atoms with Gasteiger partial charge in [-0.2, -0.15) is 0 Å². The number of para-hydroxylation sites is 1. The normalized spacial score (nSPS) is 11.1. The summed E-state index contributed by atoms with van der Waals surface area (Å²) in [6.45, 7) is 6.03. The molecule has 1 heterocycles. The van der Waals surface area contributed by atoms with Gasteiger partial charge in [-0.3, -0.25) is 0 Å². The number of hydrogen-bond acceptors (Lipinski definition) is 0. The van der Waals surface area contributed by atoms with Crippen molar-refractivity contribution in [1.29, 1.82) is 0 Å². The molecule has 0 amide bonds. The number of allylic oxidation sites excluding steroid dienone is 1. The molecule has 0 fully saturated rings. The van der Waals surface area contributed by atoms with E-state index in [-0.39, 0.29) is 0 Å². The molecule has 0 spiro atoms. The number of hydrogen-bond donors (Lipinski definition) is 1. The van der Waals surface area contributed by atoms with Crippen LogP contribution in [0.2, 0.25) is 0 Å². The molecule has 0 saturated heterocycles. The maximum Gasteiger partial charge on any atom is 0.0465 e. The first-order valence-corrected chi connectivity index (χ1v) is 7.49. The molecule has 4 aromatic rings. The van der Waals surface area contributed by atoms with E-state index >= 15 is 0 Å². The third-order valence-electron chi connectivity index (χ3n) is 4.22. The molecule has 1 N–H and O–H groups in total. The van der Waals surface area contributed by atoms with Crippen molar-refractivity contribution in [3.05, 3.63) is 78.9 Å². The second-order valence-corrected chi connectivity index (χ2v) is 5.79. The summed E-state index contributed by atoms with van der Waals surface area (Å²) in [5.41, 5.74) is 7.13. The van der Waals surface area contributed by atoms with Gasteiger partial charge in [0, 0.05) is 21.8 Å². The van der Waals surface area contributed by atoms with E-state index in [1.54, 1.807) is 0 Å². The monoisotopic (exact) mass is 283 g/mol. The van der Waals surface area contributed by atoms with Crippen molar-refractivity contribution in [2.45, 2.75) is 6.92 Å². The Morgan fingerprint density at radius 2 is 1.45 bits per heavy atom. The standard InChI is InChI=1S/C21H17N/c1-14(2)15-7-9-16(10-8-15)17-11-12-21-19(13-17)18-5-3-4-6-20(18)22-21/h3-13,22H,1H2,2H3. The number of nitrogens with one attached hydrogen (secondary N) is 1. The summed E-state index contributed by atoms with van der Waals surface area (Å²) in [5, 5.41) is 2.55. The zero-order valence-corrected chi connectivity index (χ0v) is 12.6. The minimum atomic E-state index is 1.10. The predicted molar refractivity (Wildman–Crippen MR) is 95.9 cm³/mol. The van der Waals surface area contributed by atoms with Crippen LogP contribution >= 0.6 is 0 Å². The third-order valence-corrected chi connectivity index (χ3v) is 4.22. The summed E-state index contributed by atoms with van der Waals surface area (Å²) in [6, 6.07) is 23.7. The van der Waals surface area contributed by atoms with Crippen molar-refractivity contribution >= 4 is 27.4 Å². The van der Waals surface area contributed by atoms with Crippen molar-refractivity contribution in [1.82, 2.24) is 4.98 Å². The van der Waals surface area contributed by atoms with Gasteiger partial charge in [0.2, 0.25) is 0 Å². The Kier molecular flexibility index (Phi) is 2.87. The maximum atomic E-state index is 3.99. The van der Waals surface area contributed by atoms with Crippen molar-refractivity contribution in [3.8, 4) is 11.1 Å². The second-order valence-electron chi connectivity index (χ2n) is 5.79. The largest absolute Gasteiger partial charge is 0.355 e. The molecular weight excluding hydrogens is 266 g/mol. The molecule has 1 nitrogen and oxygen atoms in total. The number of aromatic nitrogens is 1. The number of benzene rings is 3. The van der Waals surface area contributed by atoms with Crippen LogP contribution < -0.4 is 0 Å². The first-order chi connectivity index (χ1) is 10.7. The predicted octanol–water partition coefficient (Wildman–Crippen LogP) is 6.02. The molecule has 106 valence electrons. The molecular formula is C21H17N. The molecule has 0 atom stereocenters. The highest BCUT2D eigenvalue weighted by atomic mass is 14.7. The van der Waals surface area contributed by atoms with E-state index in [1.165, 1.54) is 38.5 Å². The molecule has 4 rings (SSSR count). The minimum Gasteiger partial charge on any atom is -0.355 e. The van der Waals surface area contributed by atoms with E-state index in [4.69, 9.17) is 0 Å². The summed E-state index contributed by atoms with van der Waals surface area (Å²) in [7, 11) is 0. The van der Waals surface area contributed by atoms with E-state index in [9.17, 15) is 0 Å². The van der Waals surface area contributed by atoms with Crippen LogP contribution in [-0.2, 0) is 0 Å². The smallest absolute Gasteiger partial charge is 0.0465 e. The Hall–Kier alpha value is -2.80. The van der Waals surface area contributed by atoms with E-state index < -0.39 is 0 Å². The van der Waals surface area contributed by atoms with Gasteiger partial charge in [0.05, 0.1) is 0 Å². The molecule has 22 heavy (non-hydrogen) atoms. The lowest BCUT2D eigenvalue weighted by Crippen LogP contribution is -1.81. The first-order valence-electron chi connectivity index (χ1n) is 7.49. The molecule has 0 aliphatic rings. The van der Waals surface area contributed by atoms with Crippen molar-refractivity contribution in [2.75, 3.05) is 0 Å². The molecule has 3 aromatic carbocycles. The summed E-state index contributed by atoms with van der Waals surface area (Å²) in [6.07, 6.45) is 0. The zero-order chi connectivity index (χ0) is 15.1. The number of H-pyrrole nitrogens is 1. The molecule has 0 saturated carbocycles. The zero-order valence-electron chi connectivity index (χ0n) is 12.6. The van der Waals surface area contributed by atoms with E-state index in [1.807, 2.05) is 6.92 Å². The van der Waals surface area contributed by atoms with E-state index in [2.05, 4.69) is 78.3 Å². The van der Waals surface area contributed by atoms with Gasteiger partial charge in [-0.1, -0.05) is 60.7 Å². The fraction of sp³-hybridized carbons (Fsp3) is 0.0476. The quantitative estimate of drug-likeness (QED) is 0.463. The highest BCUT2D eigenvalue weighted by Crippen LogP contribution is 2.30. The fourth-order valence-electron chi connectivity index (χ4n) is 2.97. The van der Waals surface area contributed by atoms with Crippen LogP contribution in [0.15, 0.2) is 73.3 Å². The lowest BCUT2D eigenvalue weighted by atomic mass is 10.00. The molecule has 0 unspecified atom stereocenters. The lowest BCUT2D eigenvalue weighted by molar-refractivity contribution is 1.54. The average molecular weight is 283 g/mol. The number of rotatable bonds is 2. The fourth-order valence-corrected chi connectivity index (χ4v) is 2.97. The Morgan fingerprint density at radius 3 is 2.23 bits per heavy atom. The summed E-state index contributed by atoms with van der Waals surface area (Å²) in [4.78, 5) is 3.47. The van der Waals surface area contributed by atoms with Crippen molar-refractivity contribution in [3.63, 3.8) is 0 Å². The Bertz CT molecular complexity index is 987. The molecule has 0 bridgehead atoms. The van der Waals surface area contributed by atoms with Gasteiger partial charge in [-0.25, -0.2) is 0 Å². The van der Waals surface area contributed by atoms with Crippen LogP contribution in [0.4, 0.5) is 0 Å². The van der Waals surface area contributed by atoms with Crippen LogP contribution in [0.25, 0.3) is 38.5 Å². The van der Waals surface area contributed by atoms with Gasteiger partial charge >= 0.3 is 0 Å². The lowest BCUT2D eigenvalue weighted by Gasteiger charge is -2.05. The molecule has 0 aliphatic heterocycles. The van der Waals surface area contributed by atoms with Crippen LogP contribution in [-0.4, -0.2) is 4.98 Å². The van der Waals surface area contributed by atoms with Gasteiger partial charge in [-0.15, -0.1) is 0 Å². The highest BCUT2D eigenvalue weighted by Gasteiger charge is 2.06. The number of aromatic amines is 1. The Balaban J connectivity index is 1.88. The van der Waals surface area contributed by atoms with Crippen LogP contribution in [0.5, 0.6) is 0 Å². The molecule has 0 radical (unpaired) electrons. The van der Waals surface area contributed by atoms with Crippen LogP contribution in [0.3, 0.4) is 0 Å². The molecule has 1 aromatic heterocycles. The molecule has 0 aliphatic carbocycles. The van der Waals surface area contributed by atoms with Crippen LogP contribution in [0, 0.1) is 0 Å². The topological polar surface area (TPSA) is 15.8 Å². The van der Waals surface area contributed by atoms with Gasteiger partial charge in [0.15, 0.2) is 0 Å². The Morgan fingerprint density at radius 1 is 0.773 bits per heavy atom. The van der Waals surface area contributed by atoms with Gasteiger partial charge in [0.1, 0.15) is 0 Å². The SMILES string of the molecule is C=C(C)c1ccc(-c2ccc3[nH]c4ccccc4c3c2)cc1. The second kappa shape index (κ2) is 4.88. The summed E-state index contributed by atoms with van der Waals surface area (Å²) >= 11 is 0. The van der Waals surface area contributed by atoms with Crippen molar-refractivity contribution in [2.24, 2.45) is 0 Å². The number of fused-ring (bicyclic) bond motifs is 3. The summed E-state index contributed by atoms with van der Waals surface area (Å²) in [5.74, 6) is 0.